The fourth-order valence-electron chi connectivity index (χ4n) is 1.32. The molecule has 0 aliphatic rings. The average molecular weight is 405 g/mol. The Balaban J connectivity index is 0. The first-order valence-electron chi connectivity index (χ1n) is 6.02. The van der Waals surface area contributed by atoms with Crippen molar-refractivity contribution in [1.82, 2.24) is 9.97 Å². The van der Waals surface area contributed by atoms with Gasteiger partial charge >= 0.3 is 17.1 Å². The molecule has 0 amide bonds. The Morgan fingerprint density at radius 2 is 1.50 bits per heavy atom. The molecular formula is C13H15CuN3O6S. The number of carboxylic acid groups (broad SMARTS) is 1. The van der Waals surface area contributed by atoms with E-state index in [-0.39, 0.29) is 22.5 Å². The Kier molecular flexibility index (Phi) is 11.8. The molecule has 0 aliphatic heterocycles. The van der Waals surface area contributed by atoms with Crippen LogP contribution in [0.1, 0.15) is 0 Å². The summed E-state index contributed by atoms with van der Waals surface area (Å²) in [5, 5.41) is 9.74. The van der Waals surface area contributed by atoms with E-state index in [1.807, 2.05) is 36.4 Å². The summed E-state index contributed by atoms with van der Waals surface area (Å²) < 4.78 is 29.5. The minimum atomic E-state index is -4.56. The van der Waals surface area contributed by atoms with Crippen molar-refractivity contribution in [3.05, 3.63) is 48.8 Å². The Morgan fingerprint density at radius 1 is 1.08 bits per heavy atom. The summed E-state index contributed by atoms with van der Waals surface area (Å²) in [7, 11) is -4.56. The van der Waals surface area contributed by atoms with Crippen LogP contribution in [-0.2, 0) is 32.0 Å². The van der Waals surface area contributed by atoms with Gasteiger partial charge in [0.15, 0.2) is 0 Å². The Labute approximate surface area is 149 Å². The van der Waals surface area contributed by atoms with Gasteiger partial charge in [0, 0.05) is 12.4 Å². The number of carboxylic acids is 1. The number of carbonyl (C=O) groups is 1. The Morgan fingerprint density at radius 3 is 1.71 bits per heavy atom. The predicted octanol–water partition coefficient (Wildman–Crippen LogP) is -2.07. The molecule has 4 N–H and O–H groups in total. The molecule has 0 saturated heterocycles. The second-order valence-corrected chi connectivity index (χ2v) is 5.53. The Bertz CT molecular complexity index is 663. The summed E-state index contributed by atoms with van der Waals surface area (Å²) in [5.74, 6) is -2.88. The molecule has 9 nitrogen and oxygen atoms in total. The molecule has 2 aromatic rings. The molecule has 1 atom stereocenters. The molecule has 135 valence electrons. The van der Waals surface area contributed by atoms with Crippen LogP contribution in [0.25, 0.3) is 11.4 Å². The van der Waals surface area contributed by atoms with E-state index in [9.17, 15) is 22.9 Å². The van der Waals surface area contributed by atoms with E-state index in [2.05, 4.69) is 15.7 Å². The fraction of sp³-hybridized carbons (Fsp3) is 0.154. The number of rotatable bonds is 4. The van der Waals surface area contributed by atoms with E-state index in [0.717, 1.165) is 11.4 Å². The third-order valence-corrected chi connectivity index (χ3v) is 3.05. The van der Waals surface area contributed by atoms with Crippen molar-refractivity contribution < 1.29 is 45.4 Å². The zero-order chi connectivity index (χ0) is 16.6. The number of pyridine rings is 2. The van der Waals surface area contributed by atoms with Crippen molar-refractivity contribution in [3.63, 3.8) is 0 Å². The first-order valence-corrected chi connectivity index (χ1v) is 7.60. The summed E-state index contributed by atoms with van der Waals surface area (Å²) in [5.41, 5.74) is 6.49. The summed E-state index contributed by atoms with van der Waals surface area (Å²) >= 11 is 0. The molecule has 0 fully saturated rings. The van der Waals surface area contributed by atoms with E-state index < -0.39 is 27.9 Å². The van der Waals surface area contributed by atoms with Gasteiger partial charge in [-0.3, -0.25) is 9.97 Å². The predicted molar refractivity (Wildman–Crippen MR) is 78.6 cm³/mol. The van der Waals surface area contributed by atoms with Gasteiger partial charge in [-0.15, -0.1) is 0 Å². The summed E-state index contributed by atoms with van der Waals surface area (Å²) in [4.78, 5) is 18.1. The monoisotopic (exact) mass is 404 g/mol. The van der Waals surface area contributed by atoms with Crippen molar-refractivity contribution in [2.75, 3.05) is 5.75 Å². The molecule has 2 aromatic heterocycles. The normalized spacial score (nSPS) is 10.9. The van der Waals surface area contributed by atoms with E-state index in [0.29, 0.717) is 0 Å². The second-order valence-electron chi connectivity index (χ2n) is 4.08. The van der Waals surface area contributed by atoms with Gasteiger partial charge in [0.2, 0.25) is 0 Å². The molecule has 0 aliphatic carbocycles. The van der Waals surface area contributed by atoms with Gasteiger partial charge in [-0.2, -0.15) is 0 Å². The molecule has 2 rings (SSSR count). The van der Waals surface area contributed by atoms with Gasteiger partial charge in [-0.25, -0.2) is 8.42 Å². The van der Waals surface area contributed by atoms with Crippen LogP contribution < -0.4 is 10.8 Å². The summed E-state index contributed by atoms with van der Waals surface area (Å²) in [6.45, 7) is 0. The van der Waals surface area contributed by atoms with Crippen molar-refractivity contribution in [2.24, 2.45) is 5.73 Å². The van der Waals surface area contributed by atoms with Crippen LogP contribution in [0.15, 0.2) is 48.8 Å². The third-order valence-electron chi connectivity index (χ3n) is 2.28. The van der Waals surface area contributed by atoms with E-state index in [1.54, 1.807) is 12.4 Å². The first kappa shape index (κ1) is 24.4. The van der Waals surface area contributed by atoms with Crippen molar-refractivity contribution in [1.29, 1.82) is 0 Å². The van der Waals surface area contributed by atoms with Crippen LogP contribution >= 0.6 is 0 Å². The molecule has 11 heteroatoms. The number of hydrogen-bond acceptors (Lipinski definition) is 8. The number of nitrogens with two attached hydrogens (primary N) is 1. The number of carbonyl (C=O) groups excluding carboxylic acids is 1. The van der Waals surface area contributed by atoms with Gasteiger partial charge in [-0.1, -0.05) is 12.1 Å². The van der Waals surface area contributed by atoms with Gasteiger partial charge < -0.3 is 25.7 Å². The first-order chi connectivity index (χ1) is 10.3. The van der Waals surface area contributed by atoms with Gasteiger partial charge in [0.25, 0.3) is 0 Å². The van der Waals surface area contributed by atoms with Crippen molar-refractivity contribution >= 4 is 16.1 Å². The fourth-order valence-corrected chi connectivity index (χ4v) is 1.89. The van der Waals surface area contributed by atoms with Crippen molar-refractivity contribution in [2.45, 2.75) is 6.04 Å². The zero-order valence-electron chi connectivity index (χ0n) is 12.1. The van der Waals surface area contributed by atoms with Crippen LogP contribution in [0.3, 0.4) is 0 Å². The van der Waals surface area contributed by atoms with E-state index in [1.165, 1.54) is 0 Å². The molecule has 0 aromatic carbocycles. The summed E-state index contributed by atoms with van der Waals surface area (Å²) in [6.07, 6.45) is 3.54. The second kappa shape index (κ2) is 11.6. The van der Waals surface area contributed by atoms with Gasteiger partial charge in [0.05, 0.1) is 39.3 Å². The molecule has 1 radical (unpaired) electrons. The minimum Gasteiger partial charge on any atom is -0.748 e. The van der Waals surface area contributed by atoms with Crippen LogP contribution in [0.4, 0.5) is 0 Å². The van der Waals surface area contributed by atoms with E-state index >= 15 is 0 Å². The maximum atomic E-state index is 9.82. The molecular weight excluding hydrogens is 390 g/mol. The molecule has 0 bridgehead atoms. The third kappa shape index (κ3) is 10.0. The maximum Gasteiger partial charge on any atom is 2.00 e. The topological polar surface area (TPSA) is 181 Å². The SMILES string of the molecule is N[C@@H](CS(=O)(=O)[O-])C(=O)[O-].O.[Cu+2].c1ccc(-c2ccccn2)nc1. The smallest absolute Gasteiger partial charge is 0.748 e. The molecule has 0 saturated carbocycles. The minimum absolute atomic E-state index is 0. The number of nitrogens with zero attached hydrogens (tertiary/aromatic N) is 2. The van der Waals surface area contributed by atoms with Crippen LogP contribution in [-0.4, -0.2) is 46.2 Å². The molecule has 0 unspecified atom stereocenters. The average Bonchev–Trinajstić information content (AvgIpc) is 2.48. The van der Waals surface area contributed by atoms with Gasteiger partial charge in [-0.05, 0) is 24.3 Å². The van der Waals surface area contributed by atoms with Crippen molar-refractivity contribution in [3.8, 4) is 11.4 Å². The zero-order valence-corrected chi connectivity index (χ0v) is 13.9. The molecule has 24 heavy (non-hydrogen) atoms. The number of hydrogen-bond donors (Lipinski definition) is 1. The van der Waals surface area contributed by atoms with Gasteiger partial charge in [0.1, 0.15) is 0 Å². The standard InChI is InChI=1S/C10H8N2.C3H7NO5S.Cu.H2O/c1-3-7-11-9(5-1)10-6-2-4-8-12-10;4-2(3(5)6)1-10(7,8)9;;/h1-8H;2H,1,4H2,(H,5,6)(H,7,8,9);;1H2/q;;+2;/p-2/t;2-;;/m.0../s1. The maximum absolute atomic E-state index is 9.82. The van der Waals surface area contributed by atoms with Crippen LogP contribution in [0, 0.1) is 0 Å². The van der Waals surface area contributed by atoms with Crippen LogP contribution in [0.5, 0.6) is 0 Å². The quantitative estimate of drug-likeness (QED) is 0.445. The van der Waals surface area contributed by atoms with Crippen LogP contribution in [0.2, 0.25) is 0 Å². The molecule has 0 spiro atoms. The largest absolute Gasteiger partial charge is 2.00 e. The Hall–Kier alpha value is -1.88. The molecule has 2 heterocycles. The van der Waals surface area contributed by atoms with E-state index in [4.69, 9.17) is 0 Å². The number of aliphatic carboxylic acids is 1. The summed E-state index contributed by atoms with van der Waals surface area (Å²) in [6, 6.07) is 9.86. The number of aromatic nitrogens is 2.